The third-order valence-electron chi connectivity index (χ3n) is 2.49. The van der Waals surface area contributed by atoms with Crippen molar-refractivity contribution in [3.8, 4) is 0 Å². The molecule has 1 aromatic rings. The summed E-state index contributed by atoms with van der Waals surface area (Å²) in [5.74, 6) is -0.199. The minimum absolute atomic E-state index is 0.0278. The highest BCUT2D eigenvalue weighted by atomic mass is 32.1. The largest absolute Gasteiger partial charge is 0.396 e. The lowest BCUT2D eigenvalue weighted by Crippen LogP contribution is -2.34. The number of amides is 1. The Labute approximate surface area is 105 Å². The summed E-state index contributed by atoms with van der Waals surface area (Å²) >= 11 is 1.25. The number of hydrogen-bond donors (Lipinski definition) is 3. The first kappa shape index (κ1) is 13.9. The molecule has 5 nitrogen and oxygen atoms in total. The summed E-state index contributed by atoms with van der Waals surface area (Å²) in [6.07, 6.45) is 1.61. The van der Waals surface area contributed by atoms with Gasteiger partial charge in [-0.25, -0.2) is 4.98 Å². The summed E-state index contributed by atoms with van der Waals surface area (Å²) in [5.41, 5.74) is 5.80. The Bertz CT molecular complexity index is 377. The molecule has 1 heterocycles. The summed E-state index contributed by atoms with van der Waals surface area (Å²) in [5, 5.41) is 13.6. The van der Waals surface area contributed by atoms with Crippen LogP contribution in [0.25, 0.3) is 0 Å². The van der Waals surface area contributed by atoms with E-state index in [-0.39, 0.29) is 17.9 Å². The number of nitrogens with two attached hydrogens (primary N) is 1. The Morgan fingerprint density at radius 1 is 1.65 bits per heavy atom. The fourth-order valence-electron chi connectivity index (χ4n) is 1.45. The molecule has 6 heteroatoms. The van der Waals surface area contributed by atoms with Crippen LogP contribution in [0, 0.1) is 5.41 Å². The molecule has 1 aromatic heterocycles. The highest BCUT2D eigenvalue weighted by Crippen LogP contribution is 2.21. The lowest BCUT2D eigenvalue weighted by atomic mass is 9.88. The second-order valence-corrected chi connectivity index (χ2v) is 5.63. The van der Waals surface area contributed by atoms with Crippen LogP contribution in [-0.4, -0.2) is 29.1 Å². The van der Waals surface area contributed by atoms with E-state index in [4.69, 9.17) is 10.8 Å². The lowest BCUT2D eigenvalue weighted by Gasteiger charge is -2.24. The van der Waals surface area contributed by atoms with Gasteiger partial charge in [0.25, 0.3) is 5.91 Å². The predicted octanol–water partition coefficient (Wildman–Crippen LogP) is 1.25. The fourth-order valence-corrected chi connectivity index (χ4v) is 1.99. The van der Waals surface area contributed by atoms with E-state index in [2.05, 4.69) is 24.1 Å². The Kier molecular flexibility index (Phi) is 4.89. The van der Waals surface area contributed by atoms with Gasteiger partial charge in [-0.15, -0.1) is 11.3 Å². The van der Waals surface area contributed by atoms with Crippen LogP contribution >= 0.6 is 11.3 Å². The number of thiazole rings is 1. The normalized spacial score (nSPS) is 11.5. The van der Waals surface area contributed by atoms with Crippen molar-refractivity contribution >= 4 is 22.4 Å². The van der Waals surface area contributed by atoms with E-state index in [1.54, 1.807) is 5.38 Å². The van der Waals surface area contributed by atoms with E-state index in [0.29, 0.717) is 17.4 Å². The van der Waals surface area contributed by atoms with E-state index in [9.17, 15) is 4.79 Å². The molecule has 0 spiro atoms. The number of anilines is 1. The van der Waals surface area contributed by atoms with Gasteiger partial charge in [-0.3, -0.25) is 4.79 Å². The highest BCUT2D eigenvalue weighted by molar-refractivity contribution is 7.13. The number of carbonyl (C=O) groups is 1. The van der Waals surface area contributed by atoms with Gasteiger partial charge in [0.1, 0.15) is 5.69 Å². The molecular formula is C11H19N3O2S. The van der Waals surface area contributed by atoms with Crippen molar-refractivity contribution in [3.05, 3.63) is 11.1 Å². The zero-order valence-electron chi connectivity index (χ0n) is 10.2. The van der Waals surface area contributed by atoms with E-state index in [1.165, 1.54) is 11.3 Å². The van der Waals surface area contributed by atoms with Crippen molar-refractivity contribution in [3.63, 3.8) is 0 Å². The number of nitrogens with zero attached hydrogens (tertiary/aromatic N) is 1. The molecule has 96 valence electrons. The summed E-state index contributed by atoms with van der Waals surface area (Å²) < 4.78 is 0. The van der Waals surface area contributed by atoms with Crippen molar-refractivity contribution in [2.75, 3.05) is 18.9 Å². The first-order valence-corrected chi connectivity index (χ1v) is 6.43. The molecule has 0 unspecified atom stereocenters. The molecule has 0 aliphatic carbocycles. The van der Waals surface area contributed by atoms with Gasteiger partial charge in [0.2, 0.25) is 0 Å². The molecule has 0 aromatic carbocycles. The monoisotopic (exact) mass is 257 g/mol. The summed E-state index contributed by atoms with van der Waals surface area (Å²) in [6.45, 7) is 4.85. The summed E-state index contributed by atoms with van der Waals surface area (Å²) in [7, 11) is 0. The average molecular weight is 257 g/mol. The molecule has 1 rings (SSSR count). The third-order valence-corrected chi connectivity index (χ3v) is 3.17. The van der Waals surface area contributed by atoms with E-state index >= 15 is 0 Å². The van der Waals surface area contributed by atoms with E-state index < -0.39 is 0 Å². The minimum atomic E-state index is -0.199. The quantitative estimate of drug-likeness (QED) is 0.715. The topological polar surface area (TPSA) is 88.2 Å². The first-order valence-electron chi connectivity index (χ1n) is 5.55. The molecule has 1 amide bonds. The molecule has 0 saturated heterocycles. The summed E-state index contributed by atoms with van der Waals surface area (Å²) in [4.78, 5) is 15.6. The molecule has 0 aliphatic heterocycles. The highest BCUT2D eigenvalue weighted by Gasteiger charge is 2.19. The number of hydrogen-bond acceptors (Lipinski definition) is 5. The average Bonchev–Trinajstić information content (AvgIpc) is 2.70. The maximum Gasteiger partial charge on any atom is 0.270 e. The van der Waals surface area contributed by atoms with Crippen LogP contribution in [0.1, 0.15) is 37.2 Å². The molecule has 0 saturated carbocycles. The van der Waals surface area contributed by atoms with Crippen LogP contribution in [0.4, 0.5) is 5.13 Å². The lowest BCUT2D eigenvalue weighted by molar-refractivity contribution is 0.0928. The standard InChI is InChI=1S/C11H19N3O2S/c1-11(2,4-3-5-15)7-13-9(16)8-6-17-10(12)14-8/h6,15H,3-5,7H2,1-2H3,(H2,12,14)(H,13,16). The molecule has 0 atom stereocenters. The number of aromatic nitrogens is 1. The molecule has 0 fully saturated rings. The second kappa shape index (κ2) is 5.97. The Morgan fingerprint density at radius 3 is 2.88 bits per heavy atom. The third kappa shape index (κ3) is 4.70. The smallest absolute Gasteiger partial charge is 0.270 e. The predicted molar refractivity (Wildman–Crippen MR) is 69.0 cm³/mol. The molecule has 0 aliphatic rings. The zero-order valence-corrected chi connectivity index (χ0v) is 11.0. The number of carbonyl (C=O) groups excluding carboxylic acids is 1. The zero-order chi connectivity index (χ0) is 12.9. The number of nitrogen functional groups attached to an aromatic ring is 1. The molecule has 4 N–H and O–H groups in total. The van der Waals surface area contributed by atoms with Gasteiger partial charge in [0.15, 0.2) is 5.13 Å². The Morgan fingerprint density at radius 2 is 2.35 bits per heavy atom. The molecule has 0 radical (unpaired) electrons. The first-order chi connectivity index (χ1) is 7.94. The van der Waals surface area contributed by atoms with Crippen molar-refractivity contribution in [2.24, 2.45) is 5.41 Å². The van der Waals surface area contributed by atoms with Crippen molar-refractivity contribution in [1.82, 2.24) is 10.3 Å². The van der Waals surface area contributed by atoms with Crippen molar-refractivity contribution < 1.29 is 9.90 Å². The van der Waals surface area contributed by atoms with Gasteiger partial charge in [0.05, 0.1) is 0 Å². The summed E-state index contributed by atoms with van der Waals surface area (Å²) in [6, 6.07) is 0. The van der Waals surface area contributed by atoms with Crippen molar-refractivity contribution in [2.45, 2.75) is 26.7 Å². The van der Waals surface area contributed by atoms with Gasteiger partial charge >= 0.3 is 0 Å². The Balaban J connectivity index is 2.42. The minimum Gasteiger partial charge on any atom is -0.396 e. The van der Waals surface area contributed by atoms with Crippen LogP contribution in [0.15, 0.2) is 5.38 Å². The maximum atomic E-state index is 11.7. The number of aliphatic hydroxyl groups excluding tert-OH is 1. The number of aliphatic hydroxyl groups is 1. The molecule has 0 bridgehead atoms. The SMILES string of the molecule is CC(C)(CCCO)CNC(=O)c1csc(N)n1. The van der Waals surface area contributed by atoms with Gasteiger partial charge in [-0.2, -0.15) is 0 Å². The number of nitrogens with one attached hydrogen (secondary N) is 1. The van der Waals surface area contributed by atoms with Crippen LogP contribution in [0.2, 0.25) is 0 Å². The van der Waals surface area contributed by atoms with Crippen molar-refractivity contribution in [1.29, 1.82) is 0 Å². The van der Waals surface area contributed by atoms with Crippen LogP contribution in [-0.2, 0) is 0 Å². The van der Waals surface area contributed by atoms with Gasteiger partial charge in [0, 0.05) is 18.5 Å². The second-order valence-electron chi connectivity index (χ2n) is 4.75. The van der Waals surface area contributed by atoms with Gasteiger partial charge < -0.3 is 16.2 Å². The molecule has 17 heavy (non-hydrogen) atoms. The van der Waals surface area contributed by atoms with Crippen LogP contribution in [0.3, 0.4) is 0 Å². The van der Waals surface area contributed by atoms with E-state index in [1.807, 2.05) is 0 Å². The maximum absolute atomic E-state index is 11.7. The van der Waals surface area contributed by atoms with E-state index in [0.717, 1.165) is 12.8 Å². The fraction of sp³-hybridized carbons (Fsp3) is 0.636. The van der Waals surface area contributed by atoms with Crippen LogP contribution < -0.4 is 11.1 Å². The van der Waals surface area contributed by atoms with Gasteiger partial charge in [-0.05, 0) is 18.3 Å². The number of rotatable bonds is 6. The van der Waals surface area contributed by atoms with Crippen LogP contribution in [0.5, 0.6) is 0 Å². The molecular weight excluding hydrogens is 238 g/mol. The van der Waals surface area contributed by atoms with Gasteiger partial charge in [-0.1, -0.05) is 13.8 Å². The Hall–Kier alpha value is -1.14.